The molecule has 0 aliphatic carbocycles. The van der Waals surface area contributed by atoms with Crippen LogP contribution in [0.4, 0.5) is 17.1 Å². The molecule has 1 heterocycles. The van der Waals surface area contributed by atoms with Crippen molar-refractivity contribution in [3.8, 4) is 0 Å². The summed E-state index contributed by atoms with van der Waals surface area (Å²) in [6, 6.07) is 20.3. The molecule has 1 unspecified atom stereocenters. The fourth-order valence-electron chi connectivity index (χ4n) is 3.51. The number of aryl methyl sites for hydroxylation is 1. The normalized spacial score (nSPS) is 15.2. The van der Waals surface area contributed by atoms with Crippen molar-refractivity contribution in [3.63, 3.8) is 0 Å². The monoisotopic (exact) mass is 489 g/mol. The number of hydrogen-bond donors (Lipinski definition) is 2. The fraction of sp³-hybridized carbons (Fsp3) is 0.154. The Kier molecular flexibility index (Phi) is 7.17. The lowest BCUT2D eigenvalue weighted by Crippen LogP contribution is -2.31. The van der Waals surface area contributed by atoms with E-state index in [0.29, 0.717) is 17.1 Å². The van der Waals surface area contributed by atoms with E-state index in [-0.39, 0.29) is 23.8 Å². The topological polar surface area (TPSA) is 119 Å². The van der Waals surface area contributed by atoms with E-state index in [1.807, 2.05) is 25.1 Å². The van der Waals surface area contributed by atoms with E-state index in [9.17, 15) is 19.2 Å². The molecule has 1 aliphatic heterocycles. The van der Waals surface area contributed by atoms with Crippen LogP contribution in [0.25, 0.3) is 0 Å². The molecular formula is C26H23N3O5S. The first-order valence-corrected chi connectivity index (χ1v) is 11.7. The van der Waals surface area contributed by atoms with Crippen LogP contribution in [0.2, 0.25) is 0 Å². The number of nitrogens with zero attached hydrogens (tertiary/aromatic N) is 1. The number of nitrogens with one attached hydrogen (secondary N) is 1. The second-order valence-electron chi connectivity index (χ2n) is 7.99. The molecule has 0 bridgehead atoms. The molecule has 3 N–H and O–H groups in total. The molecule has 1 fully saturated rings. The Balaban J connectivity index is 1.34. The van der Waals surface area contributed by atoms with Crippen LogP contribution in [0, 0.1) is 6.92 Å². The summed E-state index contributed by atoms with van der Waals surface area (Å²) in [4.78, 5) is 51.7. The van der Waals surface area contributed by atoms with Crippen molar-refractivity contribution in [1.29, 1.82) is 0 Å². The molecule has 4 rings (SSSR count). The Bertz CT molecular complexity index is 1270. The van der Waals surface area contributed by atoms with Gasteiger partial charge in [-0.2, -0.15) is 0 Å². The van der Waals surface area contributed by atoms with Crippen molar-refractivity contribution in [2.75, 3.05) is 22.6 Å². The van der Waals surface area contributed by atoms with Crippen LogP contribution in [0.15, 0.2) is 77.7 Å². The van der Waals surface area contributed by atoms with E-state index >= 15 is 0 Å². The van der Waals surface area contributed by atoms with E-state index < -0.39 is 23.7 Å². The van der Waals surface area contributed by atoms with Crippen LogP contribution in [0.1, 0.15) is 22.3 Å². The minimum absolute atomic E-state index is 0.0676. The van der Waals surface area contributed by atoms with E-state index in [1.165, 1.54) is 36.0 Å². The number of carbonyl (C=O) groups is 4. The van der Waals surface area contributed by atoms with Crippen LogP contribution >= 0.6 is 11.8 Å². The number of hydrogen-bond acceptors (Lipinski definition) is 7. The number of imide groups is 1. The number of esters is 1. The third kappa shape index (κ3) is 5.88. The quantitative estimate of drug-likeness (QED) is 0.294. The lowest BCUT2D eigenvalue weighted by molar-refractivity contribution is -0.121. The zero-order chi connectivity index (χ0) is 24.9. The average Bonchev–Trinajstić information content (AvgIpc) is 3.11. The molecule has 8 nitrogen and oxygen atoms in total. The Morgan fingerprint density at radius 2 is 1.77 bits per heavy atom. The number of amides is 3. The number of benzene rings is 3. The first-order chi connectivity index (χ1) is 16.8. The van der Waals surface area contributed by atoms with Gasteiger partial charge >= 0.3 is 5.97 Å². The Morgan fingerprint density at radius 3 is 2.46 bits per heavy atom. The maximum atomic E-state index is 12.9. The molecule has 3 amide bonds. The van der Waals surface area contributed by atoms with Gasteiger partial charge in [-0.3, -0.25) is 14.4 Å². The summed E-state index contributed by atoms with van der Waals surface area (Å²) in [7, 11) is 0. The molecular weight excluding hydrogens is 466 g/mol. The first kappa shape index (κ1) is 24.0. The van der Waals surface area contributed by atoms with Crippen LogP contribution in [-0.4, -0.2) is 35.5 Å². The third-order valence-corrected chi connectivity index (χ3v) is 6.45. The SMILES string of the molecule is Cc1ccc(NC(=O)COC(=O)c2ccc(N3C(=O)CC(Sc4cccc(N)c4)C3=O)cc2)cc1. The summed E-state index contributed by atoms with van der Waals surface area (Å²) >= 11 is 1.29. The molecule has 3 aromatic carbocycles. The minimum Gasteiger partial charge on any atom is -0.452 e. The maximum Gasteiger partial charge on any atom is 0.338 e. The van der Waals surface area contributed by atoms with Gasteiger partial charge in [0.1, 0.15) is 0 Å². The molecule has 178 valence electrons. The smallest absolute Gasteiger partial charge is 0.338 e. The van der Waals surface area contributed by atoms with Gasteiger partial charge in [-0.25, -0.2) is 9.69 Å². The Morgan fingerprint density at radius 1 is 1.06 bits per heavy atom. The molecule has 1 aliphatic rings. The highest BCUT2D eigenvalue weighted by atomic mass is 32.2. The van der Waals surface area contributed by atoms with Crippen molar-refractivity contribution >= 4 is 52.5 Å². The van der Waals surface area contributed by atoms with Crippen LogP contribution in [-0.2, 0) is 19.1 Å². The van der Waals surface area contributed by atoms with Crippen molar-refractivity contribution in [1.82, 2.24) is 0 Å². The predicted octanol–water partition coefficient (Wildman–Crippen LogP) is 3.80. The molecule has 3 aromatic rings. The number of anilines is 3. The van der Waals surface area contributed by atoms with Gasteiger partial charge in [-0.15, -0.1) is 11.8 Å². The van der Waals surface area contributed by atoms with Crippen molar-refractivity contribution in [3.05, 3.63) is 83.9 Å². The maximum absolute atomic E-state index is 12.9. The van der Waals surface area contributed by atoms with Gasteiger partial charge in [0.2, 0.25) is 11.8 Å². The molecule has 0 aromatic heterocycles. The molecule has 0 radical (unpaired) electrons. The highest BCUT2D eigenvalue weighted by Gasteiger charge is 2.40. The van der Waals surface area contributed by atoms with Gasteiger partial charge in [-0.1, -0.05) is 23.8 Å². The first-order valence-electron chi connectivity index (χ1n) is 10.8. The highest BCUT2D eigenvalue weighted by Crippen LogP contribution is 2.34. The average molecular weight is 490 g/mol. The second-order valence-corrected chi connectivity index (χ2v) is 9.26. The van der Waals surface area contributed by atoms with Crippen LogP contribution in [0.3, 0.4) is 0 Å². The number of carbonyl (C=O) groups excluding carboxylic acids is 4. The lowest BCUT2D eigenvalue weighted by Gasteiger charge is -2.15. The summed E-state index contributed by atoms with van der Waals surface area (Å²) in [6.07, 6.45) is 0.0676. The predicted molar refractivity (Wildman–Crippen MR) is 134 cm³/mol. The van der Waals surface area contributed by atoms with E-state index in [4.69, 9.17) is 10.5 Å². The standard InChI is InChI=1S/C26H23N3O5S/c1-16-5-9-19(10-6-16)28-23(30)15-34-26(33)17-7-11-20(12-8-17)29-24(31)14-22(25(29)32)35-21-4-2-3-18(27)13-21/h2-13,22H,14-15,27H2,1H3,(H,28,30). The Labute approximate surface area is 206 Å². The minimum atomic E-state index is -0.690. The summed E-state index contributed by atoms with van der Waals surface area (Å²) in [5.41, 5.74) is 8.60. The summed E-state index contributed by atoms with van der Waals surface area (Å²) in [6.45, 7) is 1.49. The van der Waals surface area contributed by atoms with Gasteiger partial charge in [0.25, 0.3) is 5.91 Å². The number of thioether (sulfide) groups is 1. The van der Waals surface area contributed by atoms with Crippen molar-refractivity contribution < 1.29 is 23.9 Å². The summed E-state index contributed by atoms with van der Waals surface area (Å²) in [5.74, 6) is -1.80. The molecule has 0 spiro atoms. The lowest BCUT2D eigenvalue weighted by atomic mass is 10.2. The molecule has 9 heteroatoms. The fourth-order valence-corrected chi connectivity index (χ4v) is 4.64. The number of rotatable bonds is 7. The molecule has 1 saturated heterocycles. The highest BCUT2D eigenvalue weighted by molar-refractivity contribution is 8.00. The molecule has 35 heavy (non-hydrogen) atoms. The number of nitrogens with two attached hydrogens (primary N) is 1. The van der Waals surface area contributed by atoms with Crippen molar-refractivity contribution in [2.45, 2.75) is 23.5 Å². The zero-order valence-corrected chi connectivity index (χ0v) is 19.7. The molecule has 1 atom stereocenters. The van der Waals surface area contributed by atoms with E-state index in [2.05, 4.69) is 5.32 Å². The van der Waals surface area contributed by atoms with E-state index in [1.54, 1.807) is 30.3 Å². The summed E-state index contributed by atoms with van der Waals surface area (Å²) in [5, 5.41) is 2.09. The third-order valence-electron chi connectivity index (χ3n) is 5.27. The Hall–Kier alpha value is -4.11. The van der Waals surface area contributed by atoms with Gasteiger partial charge in [0.05, 0.1) is 16.5 Å². The van der Waals surface area contributed by atoms with Gasteiger partial charge in [-0.05, 0) is 61.5 Å². The van der Waals surface area contributed by atoms with Crippen molar-refractivity contribution in [2.24, 2.45) is 0 Å². The molecule has 0 saturated carbocycles. The van der Waals surface area contributed by atoms with Crippen LogP contribution < -0.4 is 16.0 Å². The second kappa shape index (κ2) is 10.4. The van der Waals surface area contributed by atoms with Gasteiger partial charge < -0.3 is 15.8 Å². The van der Waals surface area contributed by atoms with Crippen LogP contribution in [0.5, 0.6) is 0 Å². The number of nitrogen functional groups attached to an aromatic ring is 1. The zero-order valence-electron chi connectivity index (χ0n) is 18.9. The number of ether oxygens (including phenoxy) is 1. The largest absolute Gasteiger partial charge is 0.452 e. The van der Waals surface area contributed by atoms with E-state index in [0.717, 1.165) is 15.4 Å². The van der Waals surface area contributed by atoms with Gasteiger partial charge in [0.15, 0.2) is 6.61 Å². The van der Waals surface area contributed by atoms with Gasteiger partial charge in [0, 0.05) is 22.7 Å². The summed E-state index contributed by atoms with van der Waals surface area (Å²) < 4.78 is 5.07.